The highest BCUT2D eigenvalue weighted by Gasteiger charge is 2.26. The summed E-state index contributed by atoms with van der Waals surface area (Å²) in [7, 11) is 0. The fraction of sp³-hybridized carbons (Fsp3) is 0.471. The Morgan fingerprint density at radius 2 is 1.67 bits per heavy atom. The number of nitrogens with one attached hydrogen (secondary N) is 2. The molecule has 0 aliphatic rings. The van der Waals surface area contributed by atoms with Crippen molar-refractivity contribution in [3.63, 3.8) is 0 Å². The summed E-state index contributed by atoms with van der Waals surface area (Å²) in [4.78, 5) is 35.1. The van der Waals surface area contributed by atoms with Crippen molar-refractivity contribution in [3.8, 4) is 0 Å². The highest BCUT2D eigenvalue weighted by atomic mass is 35.5. The van der Waals surface area contributed by atoms with Gasteiger partial charge in [0.2, 0.25) is 11.8 Å². The zero-order valence-corrected chi connectivity index (χ0v) is 14.8. The van der Waals surface area contributed by atoms with E-state index in [0.717, 1.165) is 5.56 Å². The van der Waals surface area contributed by atoms with Crippen LogP contribution in [-0.4, -0.2) is 35.0 Å². The maximum absolute atomic E-state index is 12.4. The third kappa shape index (κ3) is 7.00. The van der Waals surface area contributed by atoms with Crippen molar-refractivity contribution in [2.45, 2.75) is 45.7 Å². The number of rotatable bonds is 8. The van der Waals surface area contributed by atoms with E-state index in [2.05, 4.69) is 10.6 Å². The molecule has 1 rings (SSSR count). The fourth-order valence-corrected chi connectivity index (χ4v) is 2.40. The average Bonchev–Trinajstić information content (AvgIpc) is 2.46. The lowest BCUT2D eigenvalue weighted by molar-refractivity contribution is -0.142. The molecule has 0 fully saturated rings. The summed E-state index contributed by atoms with van der Waals surface area (Å²) >= 11 is 5.81. The number of carbonyl (C=O) groups is 3. The van der Waals surface area contributed by atoms with Gasteiger partial charge in [0.1, 0.15) is 12.1 Å². The van der Waals surface area contributed by atoms with E-state index in [4.69, 9.17) is 11.6 Å². The Bertz CT molecular complexity index is 587. The Morgan fingerprint density at radius 3 is 2.12 bits per heavy atom. The van der Waals surface area contributed by atoms with Crippen LogP contribution in [0.25, 0.3) is 0 Å². The van der Waals surface area contributed by atoms with Gasteiger partial charge in [-0.05, 0) is 30.0 Å². The van der Waals surface area contributed by atoms with Crippen molar-refractivity contribution in [2.75, 3.05) is 0 Å². The maximum atomic E-state index is 12.4. The minimum Gasteiger partial charge on any atom is -0.480 e. The number of carboxylic acid groups (broad SMARTS) is 1. The standard InChI is InChI=1S/C17H23ClN2O4/c1-10(2)8-14(19-11(3)21)16(22)20-15(17(23)24)9-12-4-6-13(18)7-5-12/h4-7,10,14-15H,8-9H2,1-3H3,(H,19,21)(H,20,22)(H,23,24)/t14-,15+/m0/s1. The van der Waals surface area contributed by atoms with Gasteiger partial charge in [-0.25, -0.2) is 4.79 Å². The third-order valence-corrected chi connectivity index (χ3v) is 3.62. The Morgan fingerprint density at radius 1 is 1.08 bits per heavy atom. The lowest BCUT2D eigenvalue weighted by Gasteiger charge is -2.22. The van der Waals surface area contributed by atoms with Crippen LogP contribution >= 0.6 is 11.6 Å². The number of hydrogen-bond donors (Lipinski definition) is 3. The molecule has 0 aliphatic heterocycles. The van der Waals surface area contributed by atoms with E-state index in [0.29, 0.717) is 11.4 Å². The molecule has 0 bridgehead atoms. The van der Waals surface area contributed by atoms with Gasteiger partial charge in [0.25, 0.3) is 0 Å². The number of hydrogen-bond acceptors (Lipinski definition) is 3. The molecule has 0 spiro atoms. The molecule has 1 aromatic carbocycles. The number of aliphatic carboxylic acids is 1. The van der Waals surface area contributed by atoms with E-state index in [1.807, 2.05) is 13.8 Å². The average molecular weight is 355 g/mol. The fourth-order valence-electron chi connectivity index (χ4n) is 2.28. The molecular formula is C17H23ClN2O4. The summed E-state index contributed by atoms with van der Waals surface area (Å²) in [6, 6.07) is 4.91. The minimum absolute atomic E-state index is 0.132. The van der Waals surface area contributed by atoms with Gasteiger partial charge < -0.3 is 15.7 Å². The van der Waals surface area contributed by atoms with Gasteiger partial charge in [0.15, 0.2) is 0 Å². The second-order valence-corrected chi connectivity index (χ2v) is 6.55. The molecule has 0 saturated carbocycles. The Hall–Kier alpha value is -2.08. The molecule has 0 aliphatic carbocycles. The van der Waals surface area contributed by atoms with Gasteiger partial charge in [0.05, 0.1) is 0 Å². The predicted octanol–water partition coefficient (Wildman–Crippen LogP) is 2.00. The van der Waals surface area contributed by atoms with Crippen LogP contribution in [0.15, 0.2) is 24.3 Å². The highest BCUT2D eigenvalue weighted by Crippen LogP contribution is 2.12. The van der Waals surface area contributed by atoms with E-state index in [9.17, 15) is 19.5 Å². The molecule has 7 heteroatoms. The van der Waals surface area contributed by atoms with Gasteiger partial charge in [-0.1, -0.05) is 37.6 Å². The van der Waals surface area contributed by atoms with Gasteiger partial charge in [-0.2, -0.15) is 0 Å². The normalized spacial score (nSPS) is 13.2. The molecular weight excluding hydrogens is 332 g/mol. The molecule has 3 N–H and O–H groups in total. The zero-order chi connectivity index (χ0) is 18.3. The monoisotopic (exact) mass is 354 g/mol. The highest BCUT2D eigenvalue weighted by molar-refractivity contribution is 6.30. The molecule has 0 unspecified atom stereocenters. The number of carbonyl (C=O) groups excluding carboxylic acids is 2. The second-order valence-electron chi connectivity index (χ2n) is 6.11. The molecule has 132 valence electrons. The van der Waals surface area contributed by atoms with E-state index >= 15 is 0 Å². The summed E-state index contributed by atoms with van der Waals surface area (Å²) in [6.07, 6.45) is 0.561. The van der Waals surface area contributed by atoms with Crippen molar-refractivity contribution in [2.24, 2.45) is 5.92 Å². The molecule has 0 aromatic heterocycles. The molecule has 2 amide bonds. The van der Waals surface area contributed by atoms with Gasteiger partial charge in [-0.3, -0.25) is 9.59 Å². The van der Waals surface area contributed by atoms with Crippen molar-refractivity contribution < 1.29 is 19.5 Å². The first-order valence-corrected chi connectivity index (χ1v) is 8.11. The van der Waals surface area contributed by atoms with Crippen LogP contribution in [0.3, 0.4) is 0 Å². The molecule has 1 aromatic rings. The zero-order valence-electron chi connectivity index (χ0n) is 14.0. The van der Waals surface area contributed by atoms with Crippen LogP contribution in [0.1, 0.15) is 32.8 Å². The minimum atomic E-state index is -1.13. The first kappa shape index (κ1) is 20.0. The van der Waals surface area contributed by atoms with Gasteiger partial charge in [-0.15, -0.1) is 0 Å². The summed E-state index contributed by atoms with van der Waals surface area (Å²) in [5.74, 6) is -1.79. The predicted molar refractivity (Wildman–Crippen MR) is 91.8 cm³/mol. The quantitative estimate of drug-likeness (QED) is 0.665. The third-order valence-electron chi connectivity index (χ3n) is 3.37. The van der Waals surface area contributed by atoms with E-state index < -0.39 is 24.0 Å². The smallest absolute Gasteiger partial charge is 0.326 e. The molecule has 0 heterocycles. The first-order chi connectivity index (χ1) is 11.2. The summed E-state index contributed by atoms with van der Waals surface area (Å²) in [5.41, 5.74) is 0.743. The Labute approximate surface area is 146 Å². The number of amides is 2. The van der Waals surface area contributed by atoms with E-state index in [1.54, 1.807) is 24.3 Å². The summed E-state index contributed by atoms with van der Waals surface area (Å²) in [6.45, 7) is 5.16. The van der Waals surface area contributed by atoms with Gasteiger partial charge >= 0.3 is 5.97 Å². The van der Waals surface area contributed by atoms with Crippen LogP contribution in [0, 0.1) is 5.92 Å². The van der Waals surface area contributed by atoms with Gasteiger partial charge in [0, 0.05) is 18.4 Å². The van der Waals surface area contributed by atoms with E-state index in [-0.39, 0.29) is 18.2 Å². The summed E-state index contributed by atoms with van der Waals surface area (Å²) < 4.78 is 0. The number of halogens is 1. The SMILES string of the molecule is CC(=O)N[C@@H](CC(C)C)C(=O)N[C@H](Cc1ccc(Cl)cc1)C(=O)O. The van der Waals surface area contributed by atoms with Crippen LogP contribution in [0.4, 0.5) is 0 Å². The van der Waals surface area contributed by atoms with Crippen LogP contribution < -0.4 is 10.6 Å². The van der Waals surface area contributed by atoms with Crippen LogP contribution in [-0.2, 0) is 20.8 Å². The van der Waals surface area contributed by atoms with E-state index in [1.165, 1.54) is 6.92 Å². The molecule has 0 saturated heterocycles. The topological polar surface area (TPSA) is 95.5 Å². The second kappa shape index (κ2) is 9.27. The van der Waals surface area contributed by atoms with Crippen molar-refractivity contribution in [1.29, 1.82) is 0 Å². The van der Waals surface area contributed by atoms with Crippen LogP contribution in [0.2, 0.25) is 5.02 Å². The number of benzene rings is 1. The summed E-state index contributed by atoms with van der Waals surface area (Å²) in [5, 5.41) is 15.0. The van der Waals surface area contributed by atoms with Crippen LogP contribution in [0.5, 0.6) is 0 Å². The molecule has 2 atom stereocenters. The maximum Gasteiger partial charge on any atom is 0.326 e. The molecule has 0 radical (unpaired) electrons. The molecule has 6 nitrogen and oxygen atoms in total. The van der Waals surface area contributed by atoms with Crippen molar-refractivity contribution in [3.05, 3.63) is 34.9 Å². The molecule has 24 heavy (non-hydrogen) atoms. The lowest BCUT2D eigenvalue weighted by atomic mass is 10.0. The lowest BCUT2D eigenvalue weighted by Crippen LogP contribution is -2.52. The first-order valence-electron chi connectivity index (χ1n) is 7.73. The Balaban J connectivity index is 2.80. The van der Waals surface area contributed by atoms with Crippen molar-refractivity contribution >= 4 is 29.4 Å². The Kier molecular flexibility index (Phi) is 7.71. The van der Waals surface area contributed by atoms with Crippen molar-refractivity contribution in [1.82, 2.24) is 10.6 Å². The largest absolute Gasteiger partial charge is 0.480 e. The number of carboxylic acids is 1.